The number of halogens is 3. The molecule has 4 aromatic rings. The Labute approximate surface area is 163 Å². The van der Waals surface area contributed by atoms with Gasteiger partial charge in [0.05, 0.1) is 15.6 Å². The van der Waals surface area contributed by atoms with Crippen molar-refractivity contribution in [3.05, 3.63) is 69.2 Å². The highest BCUT2D eigenvalue weighted by atomic mass is 35.5. The third-order valence-electron chi connectivity index (χ3n) is 4.89. The van der Waals surface area contributed by atoms with Gasteiger partial charge in [-0.2, -0.15) is 4.39 Å². The van der Waals surface area contributed by atoms with Crippen molar-refractivity contribution >= 4 is 46.0 Å². The number of benzene rings is 2. The summed E-state index contributed by atoms with van der Waals surface area (Å²) in [5, 5.41) is 3.56. The van der Waals surface area contributed by atoms with Crippen molar-refractivity contribution in [1.82, 2.24) is 4.98 Å². The van der Waals surface area contributed by atoms with Gasteiger partial charge >= 0.3 is 0 Å². The number of nitrogens with zero attached hydrogens (tertiary/aromatic N) is 1. The van der Waals surface area contributed by atoms with Crippen LogP contribution in [-0.2, 0) is 0 Å². The number of furan rings is 2. The molecule has 0 radical (unpaired) electrons. The van der Waals surface area contributed by atoms with Crippen molar-refractivity contribution in [3.63, 3.8) is 0 Å². The van der Waals surface area contributed by atoms with Crippen molar-refractivity contribution in [3.8, 4) is 11.1 Å². The average Bonchev–Trinajstić information content (AvgIpc) is 3.01. The number of anilines is 1. The van der Waals surface area contributed by atoms with Crippen LogP contribution in [0, 0.1) is 5.95 Å². The SMILES string of the molecule is C[C@H]1c2c1c1oc2c(C(=O)Nc2ccc(Cl)c(Cl)c2)c1-c1ccnc(F)c1. The number of rotatable bonds is 3. The van der Waals surface area contributed by atoms with E-state index in [2.05, 4.69) is 17.2 Å². The molecule has 1 aliphatic carbocycles. The molecule has 0 aliphatic heterocycles. The summed E-state index contributed by atoms with van der Waals surface area (Å²) < 4.78 is 19.5. The highest BCUT2D eigenvalue weighted by molar-refractivity contribution is 6.42. The molecule has 3 aromatic heterocycles. The van der Waals surface area contributed by atoms with Gasteiger partial charge in [0, 0.05) is 40.6 Å². The van der Waals surface area contributed by atoms with E-state index in [4.69, 9.17) is 27.6 Å². The standard InChI is InChI=1S/C20H11Cl2FN2O2/c1-8-14-15(8)19-17(20(26)25-10-2-3-11(21)12(22)7-10)16(18(14)27-19)9-4-5-24-13(23)6-9/h2-8H,1H3,(H,25,26)/t8-/m1/s1. The van der Waals surface area contributed by atoms with Gasteiger partial charge in [0.2, 0.25) is 5.95 Å². The molecule has 134 valence electrons. The molecule has 1 N–H and O–H groups in total. The lowest BCUT2D eigenvalue weighted by molar-refractivity contribution is 0.102. The van der Waals surface area contributed by atoms with Gasteiger partial charge in [-0.1, -0.05) is 30.1 Å². The molecule has 0 fully saturated rings. The van der Waals surface area contributed by atoms with Crippen molar-refractivity contribution in [2.45, 2.75) is 12.8 Å². The minimum Gasteiger partial charge on any atom is -0.455 e. The maximum Gasteiger partial charge on any atom is 0.260 e. The fourth-order valence-electron chi connectivity index (χ4n) is 3.60. The van der Waals surface area contributed by atoms with E-state index in [1.165, 1.54) is 12.3 Å². The molecule has 27 heavy (non-hydrogen) atoms. The molecule has 3 heterocycles. The first-order chi connectivity index (χ1) is 13.0. The van der Waals surface area contributed by atoms with E-state index in [-0.39, 0.29) is 11.8 Å². The number of aromatic nitrogens is 1. The van der Waals surface area contributed by atoms with Gasteiger partial charge in [-0.15, -0.1) is 0 Å². The fraction of sp³-hybridized carbons (Fsp3) is 0.100. The molecule has 2 bridgehead atoms. The smallest absolute Gasteiger partial charge is 0.260 e. The molecule has 1 aromatic carbocycles. The Balaban J connectivity index is 1.62. The number of carbonyl (C=O) groups is 1. The molecule has 0 saturated carbocycles. The number of nitrogens with one attached hydrogen (secondary N) is 1. The van der Waals surface area contributed by atoms with Gasteiger partial charge in [-0.25, -0.2) is 4.98 Å². The Bertz CT molecular complexity index is 1230. The monoisotopic (exact) mass is 400 g/mol. The molecule has 4 nitrogen and oxygen atoms in total. The Kier molecular flexibility index (Phi) is 3.48. The third kappa shape index (κ3) is 2.42. The second kappa shape index (κ2) is 5.68. The number of fused-ring (bicyclic) bond motifs is 5. The predicted molar refractivity (Wildman–Crippen MR) is 103 cm³/mol. The lowest BCUT2D eigenvalue weighted by Gasteiger charge is -2.08. The lowest BCUT2D eigenvalue weighted by Crippen LogP contribution is -2.12. The van der Waals surface area contributed by atoms with Crippen LogP contribution in [0.2, 0.25) is 10.0 Å². The molecule has 1 atom stereocenters. The van der Waals surface area contributed by atoms with Gasteiger partial charge in [0.15, 0.2) is 0 Å². The number of hydrogen-bond acceptors (Lipinski definition) is 3. The van der Waals surface area contributed by atoms with Crippen LogP contribution in [0.1, 0.15) is 34.3 Å². The van der Waals surface area contributed by atoms with Gasteiger partial charge in [0.1, 0.15) is 11.2 Å². The molecule has 0 unspecified atom stereocenters. The molecule has 0 saturated heterocycles. The van der Waals surface area contributed by atoms with Gasteiger partial charge in [-0.05, 0) is 29.8 Å². The van der Waals surface area contributed by atoms with Gasteiger partial charge < -0.3 is 9.73 Å². The zero-order valence-corrected chi connectivity index (χ0v) is 15.5. The highest BCUT2D eigenvalue weighted by Crippen LogP contribution is 2.58. The summed E-state index contributed by atoms with van der Waals surface area (Å²) in [5.74, 6) is -0.715. The van der Waals surface area contributed by atoms with Crippen molar-refractivity contribution in [1.29, 1.82) is 0 Å². The Morgan fingerprint density at radius 2 is 1.93 bits per heavy atom. The number of carbonyl (C=O) groups excluding carboxylic acids is 1. The van der Waals surface area contributed by atoms with E-state index >= 15 is 0 Å². The molecular weight excluding hydrogens is 390 g/mol. The normalized spacial score (nSPS) is 15.2. The first kappa shape index (κ1) is 16.5. The Hall–Kier alpha value is -2.63. The van der Waals surface area contributed by atoms with Crippen LogP contribution in [0.3, 0.4) is 0 Å². The van der Waals surface area contributed by atoms with Crippen LogP contribution in [0.25, 0.3) is 22.3 Å². The van der Waals surface area contributed by atoms with E-state index in [0.717, 1.165) is 11.1 Å². The van der Waals surface area contributed by atoms with Crippen molar-refractivity contribution in [2.24, 2.45) is 0 Å². The summed E-state index contributed by atoms with van der Waals surface area (Å²) in [5.41, 5.74) is 5.36. The second-order valence-electron chi connectivity index (χ2n) is 6.51. The first-order valence-corrected chi connectivity index (χ1v) is 9.01. The molecule has 1 aliphatic rings. The van der Waals surface area contributed by atoms with E-state index in [1.807, 2.05) is 0 Å². The third-order valence-corrected chi connectivity index (χ3v) is 5.63. The van der Waals surface area contributed by atoms with Gasteiger partial charge in [0.25, 0.3) is 5.91 Å². The maximum atomic E-state index is 13.7. The summed E-state index contributed by atoms with van der Waals surface area (Å²) in [6.45, 7) is 2.05. The van der Waals surface area contributed by atoms with E-state index in [9.17, 15) is 9.18 Å². The second-order valence-corrected chi connectivity index (χ2v) is 7.32. The Morgan fingerprint density at radius 1 is 1.15 bits per heavy atom. The maximum absolute atomic E-state index is 13.7. The van der Waals surface area contributed by atoms with Crippen LogP contribution < -0.4 is 5.32 Å². The highest BCUT2D eigenvalue weighted by Gasteiger charge is 2.44. The summed E-state index contributed by atoms with van der Waals surface area (Å²) >= 11 is 12.0. The van der Waals surface area contributed by atoms with Crippen LogP contribution in [0.4, 0.5) is 10.1 Å². The number of pyridine rings is 1. The summed E-state index contributed by atoms with van der Waals surface area (Å²) in [7, 11) is 0. The zero-order valence-electron chi connectivity index (χ0n) is 13.9. The number of hydrogen-bond donors (Lipinski definition) is 1. The van der Waals surface area contributed by atoms with E-state index < -0.39 is 5.95 Å². The van der Waals surface area contributed by atoms with Crippen molar-refractivity contribution < 1.29 is 13.6 Å². The summed E-state index contributed by atoms with van der Waals surface area (Å²) in [4.78, 5) is 16.6. The topological polar surface area (TPSA) is 55.1 Å². The van der Waals surface area contributed by atoms with E-state index in [0.29, 0.717) is 43.6 Å². The quantitative estimate of drug-likeness (QED) is 0.423. The van der Waals surface area contributed by atoms with Crippen LogP contribution in [0.15, 0.2) is 40.9 Å². The lowest BCUT2D eigenvalue weighted by atomic mass is 10.00. The first-order valence-electron chi connectivity index (χ1n) is 8.25. The van der Waals surface area contributed by atoms with Crippen LogP contribution in [-0.4, -0.2) is 10.9 Å². The molecular formula is C20H11Cl2FN2O2. The minimum absolute atomic E-state index is 0.251. The van der Waals surface area contributed by atoms with Crippen LogP contribution in [0.5, 0.6) is 0 Å². The zero-order chi connectivity index (χ0) is 18.9. The molecule has 0 spiro atoms. The molecule has 1 amide bonds. The fourth-order valence-corrected chi connectivity index (χ4v) is 3.90. The Morgan fingerprint density at radius 3 is 2.67 bits per heavy atom. The molecule has 5 rings (SSSR count). The van der Waals surface area contributed by atoms with E-state index in [1.54, 1.807) is 24.3 Å². The van der Waals surface area contributed by atoms with Crippen molar-refractivity contribution in [2.75, 3.05) is 5.32 Å². The number of amides is 1. The van der Waals surface area contributed by atoms with Crippen LogP contribution >= 0.6 is 23.2 Å². The molecule has 7 heteroatoms. The minimum atomic E-state index is -0.615. The summed E-state index contributed by atoms with van der Waals surface area (Å²) in [6, 6.07) is 7.80. The predicted octanol–water partition coefficient (Wildman–Crippen LogP) is 6.10. The average molecular weight is 401 g/mol. The largest absolute Gasteiger partial charge is 0.455 e. The van der Waals surface area contributed by atoms with Gasteiger partial charge in [-0.3, -0.25) is 4.79 Å². The summed E-state index contributed by atoms with van der Waals surface area (Å²) in [6.07, 6.45) is 1.37.